The van der Waals surface area contributed by atoms with Gasteiger partial charge in [0.1, 0.15) is 0 Å². The molecule has 0 bridgehead atoms. The molecule has 1 aliphatic rings. The zero-order valence-corrected chi connectivity index (χ0v) is 10.4. The molecular formula is C14H12S2. The van der Waals surface area contributed by atoms with Crippen LogP contribution in [0.5, 0.6) is 0 Å². The summed E-state index contributed by atoms with van der Waals surface area (Å²) in [5, 5.41) is 2.15. The largest absolute Gasteiger partial charge is 0.143 e. The summed E-state index contributed by atoms with van der Waals surface area (Å²) in [4.78, 5) is 2.85. The van der Waals surface area contributed by atoms with Crippen LogP contribution in [0.25, 0.3) is 4.91 Å². The monoisotopic (exact) mass is 244 g/mol. The minimum Gasteiger partial charge on any atom is -0.143 e. The molecular weight excluding hydrogens is 232 g/mol. The topological polar surface area (TPSA) is 0 Å². The predicted molar refractivity (Wildman–Crippen MR) is 73.9 cm³/mol. The molecule has 0 aliphatic carbocycles. The molecule has 16 heavy (non-hydrogen) atoms. The highest BCUT2D eigenvalue weighted by molar-refractivity contribution is 8.08. The molecule has 1 aliphatic heterocycles. The van der Waals surface area contributed by atoms with Crippen LogP contribution in [-0.4, -0.2) is 5.75 Å². The molecule has 0 amide bonds. The molecule has 2 aromatic rings. The highest BCUT2D eigenvalue weighted by atomic mass is 32.2. The van der Waals surface area contributed by atoms with Crippen LogP contribution in [0.15, 0.2) is 53.9 Å². The molecule has 1 aromatic heterocycles. The van der Waals surface area contributed by atoms with Crippen molar-refractivity contribution in [3.05, 3.63) is 64.4 Å². The number of allylic oxidation sites excluding steroid dienone is 1. The van der Waals surface area contributed by atoms with Crippen LogP contribution in [0.2, 0.25) is 0 Å². The Morgan fingerprint density at radius 2 is 1.88 bits per heavy atom. The molecule has 0 radical (unpaired) electrons. The maximum Gasteiger partial charge on any atom is 0.0403 e. The van der Waals surface area contributed by atoms with Crippen molar-refractivity contribution in [1.29, 1.82) is 0 Å². The van der Waals surface area contributed by atoms with E-state index >= 15 is 0 Å². The van der Waals surface area contributed by atoms with Crippen molar-refractivity contribution in [1.82, 2.24) is 0 Å². The number of benzene rings is 1. The Kier molecular flexibility index (Phi) is 2.85. The molecule has 0 spiro atoms. The fraction of sp³-hybridized carbons (Fsp3) is 0.143. The Labute approximate surface area is 104 Å². The second-order valence-electron chi connectivity index (χ2n) is 3.84. The van der Waals surface area contributed by atoms with Gasteiger partial charge in [-0.3, -0.25) is 0 Å². The molecule has 0 nitrogen and oxygen atoms in total. The van der Waals surface area contributed by atoms with E-state index in [0.29, 0.717) is 5.92 Å². The number of hydrogen-bond donors (Lipinski definition) is 0. The summed E-state index contributed by atoms with van der Waals surface area (Å²) in [5.74, 6) is 1.76. The molecule has 3 rings (SSSR count). The highest BCUT2D eigenvalue weighted by Crippen LogP contribution is 2.42. The minimum absolute atomic E-state index is 0.586. The van der Waals surface area contributed by atoms with Gasteiger partial charge in [-0.15, -0.1) is 23.1 Å². The fourth-order valence-corrected chi connectivity index (χ4v) is 4.01. The summed E-state index contributed by atoms with van der Waals surface area (Å²) in [6.45, 7) is 0. The van der Waals surface area contributed by atoms with Crippen molar-refractivity contribution in [3.63, 3.8) is 0 Å². The minimum atomic E-state index is 0.586. The number of thiophene rings is 1. The van der Waals surface area contributed by atoms with E-state index in [1.807, 2.05) is 23.1 Å². The first-order valence-electron chi connectivity index (χ1n) is 5.37. The van der Waals surface area contributed by atoms with Crippen LogP contribution in [-0.2, 0) is 0 Å². The quantitative estimate of drug-likeness (QED) is 0.743. The van der Waals surface area contributed by atoms with E-state index in [0.717, 1.165) is 0 Å². The second-order valence-corrected chi connectivity index (χ2v) is 5.85. The van der Waals surface area contributed by atoms with Crippen LogP contribution in [0.3, 0.4) is 0 Å². The molecule has 2 heterocycles. The van der Waals surface area contributed by atoms with Crippen LogP contribution < -0.4 is 0 Å². The normalized spacial score (nSPS) is 19.8. The van der Waals surface area contributed by atoms with E-state index in [1.54, 1.807) is 0 Å². The summed E-state index contributed by atoms with van der Waals surface area (Å²) >= 11 is 3.80. The molecule has 1 unspecified atom stereocenters. The lowest BCUT2D eigenvalue weighted by Crippen LogP contribution is -1.92. The van der Waals surface area contributed by atoms with Gasteiger partial charge < -0.3 is 0 Å². The van der Waals surface area contributed by atoms with Crippen LogP contribution in [0.1, 0.15) is 16.4 Å². The fourth-order valence-electron chi connectivity index (χ4n) is 1.92. The SMILES string of the molecule is C1=C(c2cccs2)SCC1c1ccccc1. The van der Waals surface area contributed by atoms with Gasteiger partial charge in [-0.2, -0.15) is 0 Å². The predicted octanol–water partition coefficient (Wildman–Crippen LogP) is 4.62. The Balaban J connectivity index is 1.87. The maximum atomic E-state index is 2.41. The Morgan fingerprint density at radius 1 is 1.00 bits per heavy atom. The summed E-state index contributed by atoms with van der Waals surface area (Å²) < 4.78 is 0. The molecule has 2 heteroatoms. The van der Waals surface area contributed by atoms with Gasteiger partial charge in [0.15, 0.2) is 0 Å². The zero-order chi connectivity index (χ0) is 10.8. The number of rotatable bonds is 2. The Bertz CT molecular complexity index is 483. The first-order chi connectivity index (χ1) is 7.93. The molecule has 0 fully saturated rings. The summed E-state index contributed by atoms with van der Waals surface area (Å²) in [7, 11) is 0. The van der Waals surface area contributed by atoms with Crippen LogP contribution >= 0.6 is 23.1 Å². The molecule has 1 atom stereocenters. The maximum absolute atomic E-state index is 2.41. The van der Waals surface area contributed by atoms with Gasteiger partial charge in [-0.1, -0.05) is 42.5 Å². The first-order valence-corrected chi connectivity index (χ1v) is 7.23. The van der Waals surface area contributed by atoms with E-state index in [9.17, 15) is 0 Å². The van der Waals surface area contributed by atoms with E-state index in [1.165, 1.54) is 21.1 Å². The van der Waals surface area contributed by atoms with Gasteiger partial charge in [0.25, 0.3) is 0 Å². The van der Waals surface area contributed by atoms with Gasteiger partial charge in [-0.05, 0) is 17.0 Å². The summed E-state index contributed by atoms with van der Waals surface area (Å²) in [6, 6.07) is 15.1. The summed E-state index contributed by atoms with van der Waals surface area (Å²) in [5.41, 5.74) is 1.43. The smallest absolute Gasteiger partial charge is 0.0403 e. The Hall–Kier alpha value is -0.990. The molecule has 1 aromatic carbocycles. The lowest BCUT2D eigenvalue weighted by Gasteiger charge is -2.05. The van der Waals surface area contributed by atoms with E-state index in [4.69, 9.17) is 0 Å². The van der Waals surface area contributed by atoms with Crippen molar-refractivity contribution in [2.24, 2.45) is 0 Å². The van der Waals surface area contributed by atoms with Crippen molar-refractivity contribution in [2.75, 3.05) is 5.75 Å². The van der Waals surface area contributed by atoms with Gasteiger partial charge >= 0.3 is 0 Å². The first kappa shape index (κ1) is 10.2. The Morgan fingerprint density at radius 3 is 2.62 bits per heavy atom. The second kappa shape index (κ2) is 4.48. The number of thioether (sulfide) groups is 1. The van der Waals surface area contributed by atoms with Crippen LogP contribution in [0.4, 0.5) is 0 Å². The van der Waals surface area contributed by atoms with Gasteiger partial charge in [-0.25, -0.2) is 0 Å². The van der Waals surface area contributed by atoms with E-state index in [2.05, 4.69) is 53.9 Å². The third-order valence-corrected chi connectivity index (χ3v) is 4.99. The van der Waals surface area contributed by atoms with Gasteiger partial charge in [0.2, 0.25) is 0 Å². The number of hydrogen-bond acceptors (Lipinski definition) is 2. The average molecular weight is 244 g/mol. The zero-order valence-electron chi connectivity index (χ0n) is 8.80. The highest BCUT2D eigenvalue weighted by Gasteiger charge is 2.19. The van der Waals surface area contributed by atoms with Crippen molar-refractivity contribution in [2.45, 2.75) is 5.92 Å². The molecule has 0 saturated carbocycles. The van der Waals surface area contributed by atoms with Crippen molar-refractivity contribution in [3.8, 4) is 0 Å². The average Bonchev–Trinajstić information content (AvgIpc) is 3.01. The van der Waals surface area contributed by atoms with Gasteiger partial charge in [0.05, 0.1) is 0 Å². The van der Waals surface area contributed by atoms with E-state index in [-0.39, 0.29) is 0 Å². The van der Waals surface area contributed by atoms with Gasteiger partial charge in [0, 0.05) is 21.5 Å². The lowest BCUT2D eigenvalue weighted by molar-refractivity contribution is 1.00. The summed E-state index contributed by atoms with van der Waals surface area (Å²) in [6.07, 6.45) is 2.41. The lowest BCUT2D eigenvalue weighted by atomic mass is 10.0. The van der Waals surface area contributed by atoms with Crippen molar-refractivity contribution < 1.29 is 0 Å². The standard InChI is InChI=1S/C14H12S2/c1-2-5-11(6-3-1)12-9-14(16-10-12)13-7-4-8-15-13/h1-9,12H,10H2. The van der Waals surface area contributed by atoms with Crippen molar-refractivity contribution >= 4 is 28.0 Å². The molecule has 80 valence electrons. The third kappa shape index (κ3) is 1.95. The van der Waals surface area contributed by atoms with Crippen LogP contribution in [0, 0.1) is 0 Å². The third-order valence-electron chi connectivity index (χ3n) is 2.76. The van der Waals surface area contributed by atoms with E-state index < -0.39 is 0 Å². The molecule has 0 saturated heterocycles. The molecule has 0 N–H and O–H groups in total.